The Hall–Kier alpha value is -2.07. The lowest BCUT2D eigenvalue weighted by Gasteiger charge is -2.33. The molecule has 1 aromatic heterocycles. The van der Waals surface area contributed by atoms with Crippen molar-refractivity contribution >= 4 is 5.91 Å². The van der Waals surface area contributed by atoms with Crippen LogP contribution in [0.4, 0.5) is 0 Å². The normalized spacial score (nSPS) is 16.9. The summed E-state index contributed by atoms with van der Waals surface area (Å²) < 4.78 is 5.61. The average Bonchev–Trinajstić information content (AvgIpc) is 3.11. The van der Waals surface area contributed by atoms with Crippen molar-refractivity contribution in [2.45, 2.75) is 32.2 Å². The molecule has 1 amide bonds. The van der Waals surface area contributed by atoms with Crippen LogP contribution < -0.4 is 5.32 Å². The van der Waals surface area contributed by atoms with Crippen molar-refractivity contribution in [2.24, 2.45) is 0 Å². The first-order valence-corrected chi connectivity index (χ1v) is 8.36. The molecule has 1 aromatic carbocycles. The predicted molar refractivity (Wildman–Crippen MR) is 90.4 cm³/mol. The van der Waals surface area contributed by atoms with E-state index >= 15 is 0 Å². The summed E-state index contributed by atoms with van der Waals surface area (Å²) in [4.78, 5) is 14.8. The van der Waals surface area contributed by atoms with Crippen molar-refractivity contribution in [1.29, 1.82) is 0 Å². The highest BCUT2D eigenvalue weighted by atomic mass is 16.3. The Morgan fingerprint density at radius 2 is 1.91 bits per heavy atom. The lowest BCUT2D eigenvalue weighted by molar-refractivity contribution is 0.0914. The van der Waals surface area contributed by atoms with Crippen molar-refractivity contribution in [1.82, 2.24) is 10.2 Å². The molecule has 1 saturated heterocycles. The zero-order valence-corrected chi connectivity index (χ0v) is 13.6. The van der Waals surface area contributed by atoms with Gasteiger partial charge in [0, 0.05) is 12.1 Å². The van der Waals surface area contributed by atoms with E-state index in [0.29, 0.717) is 12.1 Å². The van der Waals surface area contributed by atoms with Crippen molar-refractivity contribution in [3.05, 3.63) is 59.5 Å². The number of rotatable bonds is 5. The molecule has 1 fully saturated rings. The molecular formula is C19H24N2O2. The monoisotopic (exact) mass is 312 g/mol. The molecule has 122 valence electrons. The Morgan fingerprint density at radius 1 is 1.17 bits per heavy atom. The SMILES string of the molecule is Cc1ccc(C(=O)NC[C@@H](c2ccco2)N2CCCCC2)cc1. The van der Waals surface area contributed by atoms with Crippen molar-refractivity contribution in [3.63, 3.8) is 0 Å². The van der Waals surface area contributed by atoms with Gasteiger partial charge in [-0.25, -0.2) is 0 Å². The zero-order chi connectivity index (χ0) is 16.1. The summed E-state index contributed by atoms with van der Waals surface area (Å²) in [5.41, 5.74) is 1.86. The number of nitrogens with zero attached hydrogens (tertiary/aromatic N) is 1. The first-order valence-electron chi connectivity index (χ1n) is 8.36. The highest BCUT2D eigenvalue weighted by Crippen LogP contribution is 2.24. The number of likely N-dealkylation sites (tertiary alicyclic amines) is 1. The fourth-order valence-corrected chi connectivity index (χ4v) is 3.12. The molecule has 4 nitrogen and oxygen atoms in total. The van der Waals surface area contributed by atoms with Gasteiger partial charge in [-0.2, -0.15) is 0 Å². The van der Waals surface area contributed by atoms with E-state index in [-0.39, 0.29) is 11.9 Å². The molecule has 0 radical (unpaired) electrons. The summed E-state index contributed by atoms with van der Waals surface area (Å²) in [6.45, 7) is 4.71. The number of furan rings is 1. The molecular weight excluding hydrogens is 288 g/mol. The van der Waals surface area contributed by atoms with Gasteiger partial charge in [-0.15, -0.1) is 0 Å². The highest BCUT2D eigenvalue weighted by Gasteiger charge is 2.25. The van der Waals surface area contributed by atoms with Crippen molar-refractivity contribution in [3.8, 4) is 0 Å². The van der Waals surface area contributed by atoms with E-state index in [9.17, 15) is 4.79 Å². The maximum absolute atomic E-state index is 12.4. The maximum atomic E-state index is 12.4. The van der Waals surface area contributed by atoms with Crippen LogP contribution in [0.1, 0.15) is 47.0 Å². The molecule has 0 saturated carbocycles. The van der Waals surface area contributed by atoms with Gasteiger partial charge in [0.25, 0.3) is 5.91 Å². The average molecular weight is 312 g/mol. The Balaban J connectivity index is 1.66. The van der Waals surface area contributed by atoms with Gasteiger partial charge in [-0.05, 0) is 57.1 Å². The van der Waals surface area contributed by atoms with E-state index in [2.05, 4.69) is 10.2 Å². The van der Waals surface area contributed by atoms with Gasteiger partial charge in [0.2, 0.25) is 0 Å². The van der Waals surface area contributed by atoms with Crippen LogP contribution in [0.15, 0.2) is 47.1 Å². The third-order valence-corrected chi connectivity index (χ3v) is 4.47. The van der Waals surface area contributed by atoms with Crippen LogP contribution in [0.3, 0.4) is 0 Å². The van der Waals surface area contributed by atoms with E-state index < -0.39 is 0 Å². The molecule has 0 aliphatic carbocycles. The number of hydrogen-bond acceptors (Lipinski definition) is 3. The lowest BCUT2D eigenvalue weighted by atomic mass is 10.1. The molecule has 0 spiro atoms. The second kappa shape index (κ2) is 7.47. The van der Waals surface area contributed by atoms with E-state index in [0.717, 1.165) is 24.4 Å². The smallest absolute Gasteiger partial charge is 0.251 e. The minimum Gasteiger partial charge on any atom is -0.468 e. The number of aryl methyl sites for hydroxylation is 1. The second-order valence-electron chi connectivity index (χ2n) is 6.20. The largest absolute Gasteiger partial charge is 0.468 e. The maximum Gasteiger partial charge on any atom is 0.251 e. The summed E-state index contributed by atoms with van der Waals surface area (Å²) in [5.74, 6) is 0.898. The summed E-state index contributed by atoms with van der Waals surface area (Å²) in [7, 11) is 0. The molecule has 1 aliphatic heterocycles. The van der Waals surface area contributed by atoms with Gasteiger partial charge >= 0.3 is 0 Å². The molecule has 4 heteroatoms. The number of benzene rings is 1. The van der Waals surface area contributed by atoms with Crippen molar-refractivity contribution in [2.75, 3.05) is 19.6 Å². The van der Waals surface area contributed by atoms with Gasteiger partial charge in [0.05, 0.1) is 12.3 Å². The molecule has 23 heavy (non-hydrogen) atoms. The van der Waals surface area contributed by atoms with Crippen LogP contribution in [-0.2, 0) is 0 Å². The highest BCUT2D eigenvalue weighted by molar-refractivity contribution is 5.94. The third kappa shape index (κ3) is 4.02. The third-order valence-electron chi connectivity index (χ3n) is 4.47. The molecule has 1 atom stereocenters. The first-order chi connectivity index (χ1) is 11.2. The Kier molecular flexibility index (Phi) is 5.13. The standard InChI is InChI=1S/C19H24N2O2/c1-15-7-9-16(10-8-15)19(22)20-14-17(18-6-5-13-23-18)21-11-3-2-4-12-21/h5-10,13,17H,2-4,11-12,14H2,1H3,(H,20,22)/t17-/m0/s1. The second-order valence-corrected chi connectivity index (χ2v) is 6.20. The Morgan fingerprint density at radius 3 is 2.57 bits per heavy atom. The molecule has 3 rings (SSSR count). The van der Waals surface area contributed by atoms with Crippen LogP contribution in [0.2, 0.25) is 0 Å². The minimum atomic E-state index is -0.0291. The quantitative estimate of drug-likeness (QED) is 0.918. The number of hydrogen-bond donors (Lipinski definition) is 1. The van der Waals surface area contributed by atoms with Crippen LogP contribution >= 0.6 is 0 Å². The molecule has 1 N–H and O–H groups in total. The summed E-state index contributed by atoms with van der Waals surface area (Å²) in [5, 5.41) is 3.06. The molecule has 0 bridgehead atoms. The molecule has 2 heterocycles. The Labute approximate surface area is 137 Å². The lowest BCUT2D eigenvalue weighted by Crippen LogP contribution is -2.40. The van der Waals surface area contributed by atoms with E-state index in [1.165, 1.54) is 19.3 Å². The molecule has 1 aliphatic rings. The van der Waals surface area contributed by atoms with Crippen molar-refractivity contribution < 1.29 is 9.21 Å². The molecule has 2 aromatic rings. The summed E-state index contributed by atoms with van der Waals surface area (Å²) in [6.07, 6.45) is 5.41. The molecule has 0 unspecified atom stereocenters. The Bertz CT molecular complexity index is 613. The van der Waals surface area contributed by atoms with Crippen LogP contribution in [0, 0.1) is 6.92 Å². The number of carbonyl (C=O) groups excluding carboxylic acids is 1. The fourth-order valence-electron chi connectivity index (χ4n) is 3.12. The number of piperidine rings is 1. The van der Waals surface area contributed by atoms with Gasteiger partial charge in [-0.1, -0.05) is 24.1 Å². The van der Waals surface area contributed by atoms with E-state index in [1.54, 1.807) is 6.26 Å². The van der Waals surface area contributed by atoms with E-state index in [4.69, 9.17) is 4.42 Å². The number of nitrogens with one attached hydrogen (secondary N) is 1. The summed E-state index contributed by atoms with van der Waals surface area (Å²) >= 11 is 0. The number of amides is 1. The zero-order valence-electron chi connectivity index (χ0n) is 13.6. The first kappa shape index (κ1) is 15.8. The van der Waals surface area contributed by atoms with Gasteiger partial charge < -0.3 is 9.73 Å². The minimum absolute atomic E-state index is 0.0291. The van der Waals surface area contributed by atoms with Gasteiger partial charge in [0.1, 0.15) is 5.76 Å². The van der Waals surface area contributed by atoms with Gasteiger partial charge in [-0.3, -0.25) is 9.69 Å². The van der Waals surface area contributed by atoms with Crippen LogP contribution in [-0.4, -0.2) is 30.4 Å². The topological polar surface area (TPSA) is 45.5 Å². The summed E-state index contributed by atoms with van der Waals surface area (Å²) in [6, 6.07) is 11.7. The predicted octanol–water partition coefficient (Wildman–Crippen LogP) is 3.55. The van der Waals surface area contributed by atoms with Crippen LogP contribution in [0.25, 0.3) is 0 Å². The van der Waals surface area contributed by atoms with Crippen LogP contribution in [0.5, 0.6) is 0 Å². The fraction of sp³-hybridized carbons (Fsp3) is 0.421. The van der Waals surface area contributed by atoms with Gasteiger partial charge in [0.15, 0.2) is 0 Å². The van der Waals surface area contributed by atoms with E-state index in [1.807, 2.05) is 43.3 Å². The number of carbonyl (C=O) groups is 1.